The first-order chi connectivity index (χ1) is 20.8. The second-order valence-corrected chi connectivity index (χ2v) is 11.8. The van der Waals surface area contributed by atoms with E-state index < -0.39 is 0 Å². The van der Waals surface area contributed by atoms with Gasteiger partial charge in [0.2, 0.25) is 5.95 Å². The van der Waals surface area contributed by atoms with E-state index in [2.05, 4.69) is 34.4 Å². The number of para-hydroxylation sites is 1. The molecule has 0 bridgehead atoms. The third-order valence-corrected chi connectivity index (χ3v) is 8.94. The van der Waals surface area contributed by atoms with Crippen molar-refractivity contribution in [2.45, 2.75) is 58.0 Å². The predicted molar refractivity (Wildman–Crippen MR) is 167 cm³/mol. The molecule has 2 fully saturated rings. The lowest BCUT2D eigenvalue weighted by molar-refractivity contribution is 0.0854. The number of urea groups is 1. The minimum absolute atomic E-state index is 0.0819. The van der Waals surface area contributed by atoms with Crippen LogP contribution in [0.5, 0.6) is 5.75 Å². The Morgan fingerprint density at radius 2 is 1.86 bits per heavy atom. The predicted octanol–water partition coefficient (Wildman–Crippen LogP) is 5.67. The van der Waals surface area contributed by atoms with Gasteiger partial charge < -0.3 is 19.7 Å². The van der Waals surface area contributed by atoms with Crippen LogP contribution >= 0.6 is 0 Å². The maximum Gasteiger partial charge on any atom is 0.330 e. The molecule has 2 amide bonds. The van der Waals surface area contributed by atoms with Crippen LogP contribution in [-0.4, -0.2) is 73.2 Å². The van der Waals surface area contributed by atoms with Gasteiger partial charge in [0.05, 0.1) is 25.0 Å². The number of amides is 2. The lowest BCUT2D eigenvalue weighted by Gasteiger charge is -2.42. The molecule has 1 aromatic heterocycles. The van der Waals surface area contributed by atoms with Gasteiger partial charge in [0.1, 0.15) is 11.6 Å². The van der Waals surface area contributed by atoms with Gasteiger partial charge in [-0.15, -0.1) is 0 Å². The number of likely N-dealkylation sites (tertiary alicyclic amines) is 1. The molecule has 0 radical (unpaired) electrons. The van der Waals surface area contributed by atoms with Crippen molar-refractivity contribution in [2.24, 2.45) is 0 Å². The molecular weight excluding hydrogens is 544 g/mol. The molecule has 2 saturated heterocycles. The third kappa shape index (κ3) is 5.81. The molecule has 43 heavy (non-hydrogen) atoms. The average Bonchev–Trinajstić information content (AvgIpc) is 3.02. The van der Waals surface area contributed by atoms with Gasteiger partial charge in [0.15, 0.2) is 5.78 Å². The minimum Gasteiger partial charge on any atom is -0.495 e. The summed E-state index contributed by atoms with van der Waals surface area (Å²) in [5.41, 5.74) is 4.90. The van der Waals surface area contributed by atoms with E-state index >= 15 is 0 Å². The Morgan fingerprint density at radius 3 is 2.58 bits per heavy atom. The minimum atomic E-state index is -0.194. The number of Topliss-reactive ketones (excluding diaryl/α,β-unsaturated/α-hetero) is 1. The van der Waals surface area contributed by atoms with Crippen LogP contribution in [0.2, 0.25) is 0 Å². The summed E-state index contributed by atoms with van der Waals surface area (Å²) in [6, 6.07) is 11.6. The molecule has 1 N–H and O–H groups in total. The summed E-state index contributed by atoms with van der Waals surface area (Å²) in [6.45, 7) is 7.07. The zero-order chi connectivity index (χ0) is 30.1. The third-order valence-electron chi connectivity index (χ3n) is 8.94. The SMILES string of the molecule is COc1cc(C2CCN(C)CC2)ccc1Nc1ncc2c(n1)N(C1CCOCC1)C(=O)N(c1c(C)cccc1C(C)=O)C2. The van der Waals surface area contributed by atoms with E-state index in [0.29, 0.717) is 55.0 Å². The monoisotopic (exact) mass is 584 g/mol. The van der Waals surface area contributed by atoms with Gasteiger partial charge in [-0.25, -0.2) is 9.78 Å². The number of rotatable bonds is 7. The van der Waals surface area contributed by atoms with Crippen LogP contribution in [0.3, 0.4) is 0 Å². The Kier molecular flexibility index (Phi) is 8.32. The van der Waals surface area contributed by atoms with E-state index in [-0.39, 0.29) is 24.4 Å². The number of ether oxygens (including phenoxy) is 2. The van der Waals surface area contributed by atoms with Gasteiger partial charge in [-0.1, -0.05) is 18.2 Å². The highest BCUT2D eigenvalue weighted by molar-refractivity contribution is 6.11. The highest BCUT2D eigenvalue weighted by Gasteiger charge is 2.39. The van der Waals surface area contributed by atoms with E-state index in [1.807, 2.05) is 25.1 Å². The van der Waals surface area contributed by atoms with Crippen molar-refractivity contribution in [3.8, 4) is 5.75 Å². The summed E-state index contributed by atoms with van der Waals surface area (Å²) in [6.07, 6.45) is 5.44. The quantitative estimate of drug-likeness (QED) is 0.355. The normalized spacial score (nSPS) is 18.5. The first kappa shape index (κ1) is 29.1. The Labute approximate surface area is 253 Å². The topological polar surface area (TPSA) is 100 Å². The largest absolute Gasteiger partial charge is 0.495 e. The summed E-state index contributed by atoms with van der Waals surface area (Å²) in [5, 5.41) is 3.35. The number of anilines is 4. The van der Waals surface area contributed by atoms with Crippen molar-refractivity contribution in [1.29, 1.82) is 0 Å². The molecular formula is C33H40N6O4. The van der Waals surface area contributed by atoms with Crippen molar-refractivity contribution < 1.29 is 19.1 Å². The lowest BCUT2D eigenvalue weighted by Crippen LogP contribution is -2.54. The van der Waals surface area contributed by atoms with Crippen LogP contribution in [0.4, 0.5) is 27.9 Å². The highest BCUT2D eigenvalue weighted by atomic mass is 16.5. The zero-order valence-electron chi connectivity index (χ0n) is 25.4. The molecule has 0 unspecified atom stereocenters. The van der Waals surface area contributed by atoms with Crippen molar-refractivity contribution in [2.75, 3.05) is 55.6 Å². The van der Waals surface area contributed by atoms with Gasteiger partial charge >= 0.3 is 6.03 Å². The molecule has 10 nitrogen and oxygen atoms in total. The van der Waals surface area contributed by atoms with Crippen LogP contribution in [0.25, 0.3) is 0 Å². The fourth-order valence-corrected chi connectivity index (χ4v) is 6.51. The standard InChI is InChI=1S/C33H40N6O4/c1-21-6-5-7-27(22(2)40)30(21)38-20-25-19-34-32(36-31(25)39(33(38)41)26-12-16-43-17-13-26)35-28-9-8-24(18-29(28)42-4)23-10-14-37(3)15-11-23/h5-9,18-19,23,26H,10-17,20H2,1-4H3,(H,34,35,36). The first-order valence-corrected chi connectivity index (χ1v) is 15.1. The molecule has 3 aliphatic rings. The van der Waals surface area contributed by atoms with E-state index in [9.17, 15) is 9.59 Å². The second kappa shape index (κ2) is 12.3. The summed E-state index contributed by atoms with van der Waals surface area (Å²) >= 11 is 0. The Balaban J connectivity index is 1.33. The molecule has 3 aliphatic heterocycles. The number of aryl methyl sites for hydroxylation is 1. The number of fused-ring (bicyclic) bond motifs is 1. The van der Waals surface area contributed by atoms with Crippen molar-refractivity contribution in [3.05, 3.63) is 64.8 Å². The molecule has 3 aromatic rings. The van der Waals surface area contributed by atoms with Gasteiger partial charge in [0, 0.05) is 36.6 Å². The number of aromatic nitrogens is 2. The number of ketones is 1. The Bertz CT molecular complexity index is 1510. The van der Waals surface area contributed by atoms with E-state index in [4.69, 9.17) is 14.5 Å². The maximum absolute atomic E-state index is 14.3. The van der Waals surface area contributed by atoms with E-state index in [1.165, 1.54) is 12.5 Å². The molecule has 0 saturated carbocycles. The van der Waals surface area contributed by atoms with Crippen LogP contribution in [0.1, 0.15) is 65.6 Å². The number of hydrogen-bond donors (Lipinski definition) is 1. The molecule has 6 rings (SSSR count). The number of nitrogens with zero attached hydrogens (tertiary/aromatic N) is 5. The van der Waals surface area contributed by atoms with Gasteiger partial charge in [-0.2, -0.15) is 4.98 Å². The van der Waals surface area contributed by atoms with Gasteiger partial charge in [0.25, 0.3) is 0 Å². The molecule has 4 heterocycles. The fourth-order valence-electron chi connectivity index (χ4n) is 6.51. The highest BCUT2D eigenvalue weighted by Crippen LogP contribution is 2.38. The summed E-state index contributed by atoms with van der Waals surface area (Å²) in [5.74, 6) is 2.14. The van der Waals surface area contributed by atoms with Gasteiger partial charge in [-0.3, -0.25) is 14.6 Å². The average molecular weight is 585 g/mol. The fraction of sp³-hybridized carbons (Fsp3) is 0.455. The van der Waals surface area contributed by atoms with Crippen molar-refractivity contribution in [3.63, 3.8) is 0 Å². The molecule has 226 valence electrons. The molecule has 0 spiro atoms. The number of carbonyl (C=O) groups excluding carboxylic acids is 2. The Hall–Kier alpha value is -4.02. The van der Waals surface area contributed by atoms with Crippen molar-refractivity contribution in [1.82, 2.24) is 14.9 Å². The Morgan fingerprint density at radius 1 is 1.09 bits per heavy atom. The summed E-state index contributed by atoms with van der Waals surface area (Å²) < 4.78 is 11.4. The summed E-state index contributed by atoms with van der Waals surface area (Å²) in [4.78, 5) is 42.3. The van der Waals surface area contributed by atoms with Crippen LogP contribution in [0.15, 0.2) is 42.6 Å². The number of nitrogens with one attached hydrogen (secondary N) is 1. The van der Waals surface area contributed by atoms with E-state index in [0.717, 1.165) is 48.5 Å². The second-order valence-electron chi connectivity index (χ2n) is 11.8. The number of carbonyl (C=O) groups is 2. The van der Waals surface area contributed by atoms with Crippen LogP contribution in [-0.2, 0) is 11.3 Å². The van der Waals surface area contributed by atoms with Crippen molar-refractivity contribution >= 4 is 35.0 Å². The van der Waals surface area contributed by atoms with Crippen LogP contribution < -0.4 is 19.9 Å². The molecule has 2 aromatic carbocycles. The lowest BCUT2D eigenvalue weighted by atomic mass is 9.89. The first-order valence-electron chi connectivity index (χ1n) is 15.1. The number of methoxy groups -OCH3 is 1. The number of hydrogen-bond acceptors (Lipinski definition) is 8. The zero-order valence-corrected chi connectivity index (χ0v) is 25.4. The number of piperidine rings is 1. The van der Waals surface area contributed by atoms with E-state index in [1.54, 1.807) is 29.2 Å². The smallest absolute Gasteiger partial charge is 0.330 e. The molecule has 0 aliphatic carbocycles. The molecule has 0 atom stereocenters. The summed E-state index contributed by atoms with van der Waals surface area (Å²) in [7, 11) is 3.84. The van der Waals surface area contributed by atoms with Crippen LogP contribution in [0, 0.1) is 6.92 Å². The number of benzene rings is 2. The molecule has 10 heteroatoms. The van der Waals surface area contributed by atoms with Gasteiger partial charge in [-0.05, 0) is 94.9 Å². The maximum atomic E-state index is 14.3.